The molecule has 0 amide bonds. The molecule has 0 fully saturated rings. The predicted molar refractivity (Wildman–Crippen MR) is 58.4 cm³/mol. The Labute approximate surface area is 88.9 Å². The summed E-state index contributed by atoms with van der Waals surface area (Å²) in [5.41, 5.74) is 6.18. The van der Waals surface area contributed by atoms with Gasteiger partial charge in [0, 0.05) is 25.9 Å². The van der Waals surface area contributed by atoms with Crippen LogP contribution in [0.3, 0.4) is 0 Å². The number of hydrogen-bond acceptors (Lipinski definition) is 3. The van der Waals surface area contributed by atoms with Crippen molar-refractivity contribution in [1.29, 1.82) is 0 Å². The number of anilines is 1. The lowest BCUT2D eigenvalue weighted by atomic mass is 10.1. The number of benzene rings is 1. The first-order chi connectivity index (χ1) is 6.59. The minimum Gasteiger partial charge on any atom is -0.398 e. The highest BCUT2D eigenvalue weighted by atomic mass is 32.1. The SMILES string of the molecule is Nc1csc2c(C(F)F)cc(S)cc12. The molecule has 1 nitrogen and oxygen atoms in total. The molecule has 2 rings (SSSR count). The third-order valence-electron chi connectivity index (χ3n) is 1.95. The Morgan fingerprint density at radius 1 is 1.36 bits per heavy atom. The fraction of sp³-hybridized carbons (Fsp3) is 0.111. The molecule has 0 unspecified atom stereocenters. The Balaban J connectivity index is 2.82. The predicted octanol–water partition coefficient (Wildman–Crippen LogP) is 3.71. The molecule has 14 heavy (non-hydrogen) atoms. The molecular formula is C9H7F2NS2. The Hall–Kier alpha value is -0.810. The third-order valence-corrected chi connectivity index (χ3v) is 3.27. The van der Waals surface area contributed by atoms with Crippen LogP contribution in [-0.4, -0.2) is 0 Å². The molecule has 0 atom stereocenters. The summed E-state index contributed by atoms with van der Waals surface area (Å²) in [6.45, 7) is 0. The Morgan fingerprint density at radius 3 is 2.71 bits per heavy atom. The number of halogens is 2. The van der Waals surface area contributed by atoms with Crippen molar-refractivity contribution in [3.63, 3.8) is 0 Å². The lowest BCUT2D eigenvalue weighted by Crippen LogP contribution is -1.86. The van der Waals surface area contributed by atoms with E-state index in [-0.39, 0.29) is 5.56 Å². The van der Waals surface area contributed by atoms with E-state index in [2.05, 4.69) is 12.6 Å². The highest BCUT2D eigenvalue weighted by Crippen LogP contribution is 2.37. The van der Waals surface area contributed by atoms with Crippen LogP contribution in [0.5, 0.6) is 0 Å². The fourth-order valence-corrected chi connectivity index (χ4v) is 2.56. The Bertz CT molecular complexity index is 479. The second kappa shape index (κ2) is 3.40. The van der Waals surface area contributed by atoms with E-state index in [0.717, 1.165) is 0 Å². The number of nitrogens with two attached hydrogens (primary N) is 1. The quantitative estimate of drug-likeness (QED) is 0.719. The van der Waals surface area contributed by atoms with Crippen LogP contribution in [0.4, 0.5) is 14.5 Å². The van der Waals surface area contributed by atoms with Gasteiger partial charge >= 0.3 is 0 Å². The Morgan fingerprint density at radius 2 is 2.07 bits per heavy atom. The van der Waals surface area contributed by atoms with E-state index in [4.69, 9.17) is 5.73 Å². The van der Waals surface area contributed by atoms with Crippen molar-refractivity contribution in [1.82, 2.24) is 0 Å². The molecule has 0 saturated heterocycles. The standard InChI is InChI=1S/C9H7F2NS2/c10-9(11)6-2-4(13)1-5-7(12)3-14-8(5)6/h1-3,9,13H,12H2. The van der Waals surface area contributed by atoms with E-state index in [1.807, 2.05) is 0 Å². The maximum atomic E-state index is 12.6. The number of thiophene rings is 1. The van der Waals surface area contributed by atoms with Crippen LogP contribution in [0.15, 0.2) is 22.4 Å². The average molecular weight is 231 g/mol. The Kier molecular flexibility index (Phi) is 2.36. The monoisotopic (exact) mass is 231 g/mol. The van der Waals surface area contributed by atoms with Crippen molar-refractivity contribution >= 4 is 39.7 Å². The molecule has 0 aliphatic carbocycles. The molecule has 5 heteroatoms. The van der Waals surface area contributed by atoms with Crippen LogP contribution in [0.2, 0.25) is 0 Å². The minimum atomic E-state index is -2.48. The molecule has 74 valence electrons. The van der Waals surface area contributed by atoms with Gasteiger partial charge in [0.15, 0.2) is 0 Å². The van der Waals surface area contributed by atoms with Crippen molar-refractivity contribution in [2.45, 2.75) is 11.3 Å². The largest absolute Gasteiger partial charge is 0.398 e. The molecule has 0 spiro atoms. The van der Waals surface area contributed by atoms with E-state index in [1.165, 1.54) is 17.4 Å². The van der Waals surface area contributed by atoms with Gasteiger partial charge in [-0.05, 0) is 12.1 Å². The molecule has 2 aromatic rings. The molecule has 0 aliphatic rings. The van der Waals surface area contributed by atoms with Gasteiger partial charge in [0.2, 0.25) is 0 Å². The van der Waals surface area contributed by atoms with Gasteiger partial charge in [0.05, 0.1) is 5.69 Å². The number of hydrogen-bond donors (Lipinski definition) is 2. The molecule has 0 aliphatic heterocycles. The lowest BCUT2D eigenvalue weighted by molar-refractivity contribution is 0.153. The summed E-state index contributed by atoms with van der Waals surface area (Å²) in [7, 11) is 0. The number of nitrogen functional groups attached to an aromatic ring is 1. The lowest BCUT2D eigenvalue weighted by Gasteiger charge is -2.03. The van der Waals surface area contributed by atoms with Crippen molar-refractivity contribution in [3.05, 3.63) is 23.1 Å². The van der Waals surface area contributed by atoms with Crippen molar-refractivity contribution < 1.29 is 8.78 Å². The summed E-state index contributed by atoms with van der Waals surface area (Å²) in [4.78, 5) is 0.512. The number of thiol groups is 1. The first-order valence-electron chi connectivity index (χ1n) is 3.87. The van der Waals surface area contributed by atoms with Gasteiger partial charge in [-0.15, -0.1) is 24.0 Å². The molecule has 1 aromatic carbocycles. The van der Waals surface area contributed by atoms with Crippen molar-refractivity contribution in [2.75, 3.05) is 5.73 Å². The normalized spacial score (nSPS) is 11.4. The van der Waals surface area contributed by atoms with Gasteiger partial charge in [-0.3, -0.25) is 0 Å². The summed E-state index contributed by atoms with van der Waals surface area (Å²) in [5.74, 6) is 0. The molecule has 0 saturated carbocycles. The summed E-state index contributed by atoms with van der Waals surface area (Å²) in [6, 6.07) is 3.09. The number of rotatable bonds is 1. The molecule has 1 aromatic heterocycles. The van der Waals surface area contributed by atoms with E-state index >= 15 is 0 Å². The number of fused-ring (bicyclic) bond motifs is 1. The van der Waals surface area contributed by atoms with E-state index in [9.17, 15) is 8.78 Å². The van der Waals surface area contributed by atoms with Crippen LogP contribution in [0.25, 0.3) is 10.1 Å². The zero-order valence-electron chi connectivity index (χ0n) is 7.00. The maximum Gasteiger partial charge on any atom is 0.265 e. The van der Waals surface area contributed by atoms with Gasteiger partial charge in [0.25, 0.3) is 6.43 Å². The zero-order chi connectivity index (χ0) is 10.3. The second-order valence-corrected chi connectivity index (χ2v) is 4.30. The topological polar surface area (TPSA) is 26.0 Å². The summed E-state index contributed by atoms with van der Waals surface area (Å²) < 4.78 is 25.8. The van der Waals surface area contributed by atoms with Gasteiger partial charge in [-0.1, -0.05) is 0 Å². The van der Waals surface area contributed by atoms with Gasteiger partial charge in [-0.2, -0.15) is 0 Å². The van der Waals surface area contributed by atoms with Gasteiger partial charge in [0.1, 0.15) is 0 Å². The van der Waals surface area contributed by atoms with Crippen LogP contribution in [0, 0.1) is 0 Å². The number of alkyl halides is 2. The van der Waals surface area contributed by atoms with Crippen molar-refractivity contribution in [3.8, 4) is 0 Å². The smallest absolute Gasteiger partial charge is 0.265 e. The molecule has 2 N–H and O–H groups in total. The van der Waals surface area contributed by atoms with Gasteiger partial charge in [-0.25, -0.2) is 8.78 Å². The van der Waals surface area contributed by atoms with Crippen LogP contribution in [0.1, 0.15) is 12.0 Å². The second-order valence-electron chi connectivity index (χ2n) is 2.90. The van der Waals surface area contributed by atoms with E-state index in [1.54, 1.807) is 11.4 Å². The highest BCUT2D eigenvalue weighted by Gasteiger charge is 2.14. The van der Waals surface area contributed by atoms with Crippen LogP contribution < -0.4 is 5.73 Å². The fourth-order valence-electron chi connectivity index (χ4n) is 1.33. The molecule has 0 bridgehead atoms. The molecule has 1 heterocycles. The summed E-state index contributed by atoms with van der Waals surface area (Å²) >= 11 is 5.30. The first-order valence-corrected chi connectivity index (χ1v) is 5.20. The highest BCUT2D eigenvalue weighted by molar-refractivity contribution is 7.80. The van der Waals surface area contributed by atoms with Crippen LogP contribution >= 0.6 is 24.0 Å². The van der Waals surface area contributed by atoms with Gasteiger partial charge < -0.3 is 5.73 Å². The molecule has 0 radical (unpaired) electrons. The zero-order valence-corrected chi connectivity index (χ0v) is 8.71. The maximum absolute atomic E-state index is 12.6. The minimum absolute atomic E-state index is 0.00852. The summed E-state index contributed by atoms with van der Waals surface area (Å²) in [5, 5.41) is 2.34. The molecular weight excluding hydrogens is 224 g/mol. The van der Waals surface area contributed by atoms with Crippen molar-refractivity contribution in [2.24, 2.45) is 0 Å². The van der Waals surface area contributed by atoms with E-state index in [0.29, 0.717) is 20.7 Å². The average Bonchev–Trinajstić information content (AvgIpc) is 2.47. The first kappa shape index (κ1) is 9.73. The summed E-state index contributed by atoms with van der Waals surface area (Å²) in [6.07, 6.45) is -2.48. The van der Waals surface area contributed by atoms with E-state index < -0.39 is 6.43 Å². The van der Waals surface area contributed by atoms with Crippen LogP contribution in [-0.2, 0) is 0 Å². The third kappa shape index (κ3) is 1.46.